The minimum absolute atomic E-state index is 0.561. The lowest BCUT2D eigenvalue weighted by atomic mass is 10.0. The van der Waals surface area contributed by atoms with Crippen LogP contribution in [0.2, 0.25) is 5.02 Å². The molecule has 0 amide bonds. The first kappa shape index (κ1) is 14.9. The lowest BCUT2D eigenvalue weighted by Gasteiger charge is -2.13. The predicted molar refractivity (Wildman–Crippen MR) is 97.0 cm³/mol. The van der Waals surface area contributed by atoms with Gasteiger partial charge in [-0.15, -0.1) is 0 Å². The predicted octanol–water partition coefficient (Wildman–Crippen LogP) is 4.97. The van der Waals surface area contributed by atoms with E-state index in [-0.39, 0.29) is 0 Å². The fraction of sp³-hybridized carbons (Fsp3) is 0.0500. The highest BCUT2D eigenvalue weighted by atomic mass is 35.5. The van der Waals surface area contributed by atoms with Gasteiger partial charge in [-0.1, -0.05) is 66.2 Å². The van der Waals surface area contributed by atoms with Crippen LogP contribution in [0.15, 0.2) is 72.8 Å². The van der Waals surface area contributed by atoms with E-state index in [0.717, 1.165) is 28.0 Å². The molecule has 3 nitrogen and oxygen atoms in total. The van der Waals surface area contributed by atoms with Gasteiger partial charge in [-0.3, -0.25) is 0 Å². The summed E-state index contributed by atoms with van der Waals surface area (Å²) in [6, 6.07) is 23.0. The van der Waals surface area contributed by atoms with Crippen molar-refractivity contribution in [2.24, 2.45) is 0 Å². The number of aliphatic hydroxyl groups excluding tert-OH is 1. The number of para-hydroxylation sites is 2. The van der Waals surface area contributed by atoms with Crippen LogP contribution in [0, 0.1) is 0 Å². The van der Waals surface area contributed by atoms with Gasteiger partial charge >= 0.3 is 0 Å². The van der Waals surface area contributed by atoms with Crippen molar-refractivity contribution in [2.75, 3.05) is 0 Å². The second-order valence-electron chi connectivity index (χ2n) is 5.65. The summed E-state index contributed by atoms with van der Waals surface area (Å²) in [6.45, 7) is 0. The largest absolute Gasteiger partial charge is 0.384 e. The van der Waals surface area contributed by atoms with Crippen molar-refractivity contribution < 1.29 is 5.11 Å². The summed E-state index contributed by atoms with van der Waals surface area (Å²) < 4.78 is 0. The number of H-pyrrole nitrogens is 1. The molecule has 0 saturated heterocycles. The van der Waals surface area contributed by atoms with E-state index < -0.39 is 6.10 Å². The van der Waals surface area contributed by atoms with E-state index in [1.54, 1.807) is 6.07 Å². The van der Waals surface area contributed by atoms with Gasteiger partial charge in [0.25, 0.3) is 0 Å². The van der Waals surface area contributed by atoms with Crippen molar-refractivity contribution in [3.8, 4) is 11.4 Å². The minimum atomic E-state index is -0.747. The molecule has 118 valence electrons. The number of halogens is 1. The van der Waals surface area contributed by atoms with Gasteiger partial charge in [-0.2, -0.15) is 0 Å². The fourth-order valence-corrected chi connectivity index (χ4v) is 3.03. The first-order valence-electron chi connectivity index (χ1n) is 7.70. The highest BCUT2D eigenvalue weighted by Crippen LogP contribution is 2.29. The Morgan fingerprint density at radius 2 is 1.58 bits per heavy atom. The molecule has 0 aliphatic heterocycles. The van der Waals surface area contributed by atoms with Gasteiger partial charge in [0.2, 0.25) is 0 Å². The average Bonchev–Trinajstić information content (AvgIpc) is 3.06. The van der Waals surface area contributed by atoms with Crippen molar-refractivity contribution in [1.29, 1.82) is 0 Å². The van der Waals surface area contributed by atoms with Crippen LogP contribution in [0.4, 0.5) is 0 Å². The van der Waals surface area contributed by atoms with Crippen LogP contribution in [-0.2, 0) is 0 Å². The molecule has 1 heterocycles. The number of imidazole rings is 1. The molecule has 2 N–H and O–H groups in total. The third kappa shape index (κ3) is 2.68. The van der Waals surface area contributed by atoms with Crippen LogP contribution in [-0.4, -0.2) is 15.1 Å². The molecule has 0 aliphatic rings. The zero-order chi connectivity index (χ0) is 16.5. The third-order valence-electron chi connectivity index (χ3n) is 4.09. The van der Waals surface area contributed by atoms with Crippen LogP contribution >= 0.6 is 11.6 Å². The van der Waals surface area contributed by atoms with Crippen molar-refractivity contribution in [3.05, 3.63) is 88.9 Å². The molecular formula is C20H15ClN2O. The van der Waals surface area contributed by atoms with E-state index in [0.29, 0.717) is 10.6 Å². The van der Waals surface area contributed by atoms with Gasteiger partial charge in [0, 0.05) is 16.1 Å². The summed E-state index contributed by atoms with van der Waals surface area (Å²) in [5.41, 5.74) is 4.42. The maximum atomic E-state index is 10.5. The van der Waals surface area contributed by atoms with Gasteiger partial charge in [0.1, 0.15) is 11.9 Å². The Bertz CT molecular complexity index is 959. The first-order chi connectivity index (χ1) is 11.7. The van der Waals surface area contributed by atoms with E-state index in [1.807, 2.05) is 66.7 Å². The second-order valence-corrected chi connectivity index (χ2v) is 6.06. The number of aromatic nitrogens is 2. The normalized spacial score (nSPS) is 12.4. The number of benzene rings is 3. The molecule has 1 unspecified atom stereocenters. The molecular weight excluding hydrogens is 320 g/mol. The smallest absolute Gasteiger partial charge is 0.138 e. The number of aromatic amines is 1. The third-order valence-corrected chi connectivity index (χ3v) is 4.43. The number of hydrogen-bond donors (Lipinski definition) is 2. The number of rotatable bonds is 3. The van der Waals surface area contributed by atoms with Crippen LogP contribution in [0.25, 0.3) is 22.4 Å². The van der Waals surface area contributed by atoms with Crippen molar-refractivity contribution in [3.63, 3.8) is 0 Å². The van der Waals surface area contributed by atoms with Crippen molar-refractivity contribution in [1.82, 2.24) is 9.97 Å². The van der Waals surface area contributed by atoms with Gasteiger partial charge in [-0.25, -0.2) is 4.98 Å². The molecule has 0 spiro atoms. The summed E-state index contributed by atoms with van der Waals surface area (Å²) in [4.78, 5) is 7.90. The SMILES string of the molecule is OC(c1ccc(-c2nc3ccccc3[nH]2)cc1)c1ccccc1Cl. The quantitative estimate of drug-likeness (QED) is 0.556. The molecule has 4 aromatic rings. The maximum Gasteiger partial charge on any atom is 0.138 e. The lowest BCUT2D eigenvalue weighted by molar-refractivity contribution is 0.220. The number of hydrogen-bond acceptors (Lipinski definition) is 2. The van der Waals surface area contributed by atoms with E-state index >= 15 is 0 Å². The number of nitrogens with zero attached hydrogens (tertiary/aromatic N) is 1. The van der Waals surface area contributed by atoms with Gasteiger partial charge in [0.15, 0.2) is 0 Å². The Balaban J connectivity index is 1.66. The lowest BCUT2D eigenvalue weighted by Crippen LogP contribution is -2.00. The zero-order valence-corrected chi connectivity index (χ0v) is 13.5. The van der Waals surface area contributed by atoms with Crippen LogP contribution in [0.5, 0.6) is 0 Å². The molecule has 0 radical (unpaired) electrons. The number of fused-ring (bicyclic) bond motifs is 1. The maximum absolute atomic E-state index is 10.5. The molecule has 4 rings (SSSR count). The molecule has 1 atom stereocenters. The molecule has 0 bridgehead atoms. The standard InChI is InChI=1S/C20H15ClN2O/c21-16-6-2-1-5-15(16)19(24)13-9-11-14(12-10-13)20-22-17-7-3-4-8-18(17)23-20/h1-12,19,24H,(H,22,23). The second kappa shape index (κ2) is 6.11. The number of aliphatic hydroxyl groups is 1. The van der Waals surface area contributed by atoms with E-state index in [1.165, 1.54) is 0 Å². The summed E-state index contributed by atoms with van der Waals surface area (Å²) in [6.07, 6.45) is -0.747. The van der Waals surface area contributed by atoms with Gasteiger partial charge in [0.05, 0.1) is 11.0 Å². The van der Waals surface area contributed by atoms with Gasteiger partial charge in [-0.05, 0) is 23.8 Å². The Hall–Kier alpha value is -2.62. The molecule has 0 aliphatic carbocycles. The molecule has 24 heavy (non-hydrogen) atoms. The fourth-order valence-electron chi connectivity index (χ4n) is 2.79. The van der Waals surface area contributed by atoms with Crippen LogP contribution < -0.4 is 0 Å². The first-order valence-corrected chi connectivity index (χ1v) is 8.08. The Kier molecular flexibility index (Phi) is 3.81. The van der Waals surface area contributed by atoms with Gasteiger partial charge < -0.3 is 10.1 Å². The van der Waals surface area contributed by atoms with Crippen LogP contribution in [0.1, 0.15) is 17.2 Å². The highest BCUT2D eigenvalue weighted by molar-refractivity contribution is 6.31. The molecule has 3 aromatic carbocycles. The summed E-state index contributed by atoms with van der Waals surface area (Å²) in [5, 5.41) is 11.1. The molecule has 1 aromatic heterocycles. The Morgan fingerprint density at radius 3 is 2.33 bits per heavy atom. The number of nitrogens with one attached hydrogen (secondary N) is 1. The topological polar surface area (TPSA) is 48.9 Å². The Labute approximate surface area is 144 Å². The average molecular weight is 335 g/mol. The van der Waals surface area contributed by atoms with Crippen molar-refractivity contribution >= 4 is 22.6 Å². The highest BCUT2D eigenvalue weighted by Gasteiger charge is 2.14. The van der Waals surface area contributed by atoms with E-state index in [2.05, 4.69) is 9.97 Å². The molecule has 0 fully saturated rings. The summed E-state index contributed by atoms with van der Waals surface area (Å²) in [7, 11) is 0. The molecule has 0 saturated carbocycles. The Morgan fingerprint density at radius 1 is 0.875 bits per heavy atom. The van der Waals surface area contributed by atoms with Crippen LogP contribution in [0.3, 0.4) is 0 Å². The van der Waals surface area contributed by atoms with Crippen molar-refractivity contribution in [2.45, 2.75) is 6.10 Å². The van der Waals surface area contributed by atoms with E-state index in [4.69, 9.17) is 11.6 Å². The summed E-state index contributed by atoms with van der Waals surface area (Å²) in [5.74, 6) is 0.815. The van der Waals surface area contributed by atoms with E-state index in [9.17, 15) is 5.11 Å². The summed E-state index contributed by atoms with van der Waals surface area (Å²) >= 11 is 6.17. The minimum Gasteiger partial charge on any atom is -0.384 e. The molecule has 4 heteroatoms. The monoisotopic (exact) mass is 334 g/mol. The zero-order valence-electron chi connectivity index (χ0n) is 12.8.